The van der Waals surface area contributed by atoms with Crippen molar-refractivity contribution < 1.29 is 4.92 Å². The lowest BCUT2D eigenvalue weighted by molar-refractivity contribution is -0.384. The molecule has 0 aliphatic carbocycles. The van der Waals surface area contributed by atoms with E-state index in [9.17, 15) is 10.1 Å². The standard InChI is InChI=1S/C10H12N6O2/c1-6-9(16(17)18)10(11)15(14-6)5-8-3-4-12-7(2)13-8/h3-4H,5,11H2,1-2H3. The Bertz CT molecular complexity index is 606. The predicted molar refractivity (Wildman–Crippen MR) is 63.9 cm³/mol. The van der Waals surface area contributed by atoms with Crippen LogP contribution in [0.3, 0.4) is 0 Å². The smallest absolute Gasteiger partial charge is 0.333 e. The van der Waals surface area contributed by atoms with Gasteiger partial charge in [0, 0.05) is 6.20 Å². The highest BCUT2D eigenvalue weighted by molar-refractivity contribution is 5.56. The van der Waals surface area contributed by atoms with Gasteiger partial charge in [-0.05, 0) is 19.9 Å². The van der Waals surface area contributed by atoms with Crippen LogP contribution in [0.2, 0.25) is 0 Å². The monoisotopic (exact) mass is 248 g/mol. The van der Waals surface area contributed by atoms with Gasteiger partial charge in [0.15, 0.2) is 0 Å². The van der Waals surface area contributed by atoms with E-state index in [1.807, 2.05) is 0 Å². The molecular weight excluding hydrogens is 236 g/mol. The normalized spacial score (nSPS) is 10.6. The second-order valence-electron chi connectivity index (χ2n) is 3.83. The zero-order valence-electron chi connectivity index (χ0n) is 9.99. The van der Waals surface area contributed by atoms with Crippen LogP contribution in [0, 0.1) is 24.0 Å². The molecule has 0 bridgehead atoms. The summed E-state index contributed by atoms with van der Waals surface area (Å²) in [6.07, 6.45) is 1.62. The van der Waals surface area contributed by atoms with Gasteiger partial charge in [-0.2, -0.15) is 5.10 Å². The average Bonchev–Trinajstić information content (AvgIpc) is 2.54. The SMILES string of the molecule is Cc1nccc(Cn2nc(C)c([N+](=O)[O-])c2N)n1. The molecule has 8 nitrogen and oxygen atoms in total. The maximum Gasteiger partial charge on any atom is 0.333 e. The van der Waals surface area contributed by atoms with E-state index in [2.05, 4.69) is 15.1 Å². The Morgan fingerprint density at radius 1 is 1.50 bits per heavy atom. The average molecular weight is 248 g/mol. The highest BCUT2D eigenvalue weighted by atomic mass is 16.6. The van der Waals surface area contributed by atoms with E-state index in [0.717, 1.165) is 0 Å². The van der Waals surface area contributed by atoms with Gasteiger partial charge in [-0.1, -0.05) is 0 Å². The molecule has 2 N–H and O–H groups in total. The minimum atomic E-state index is -0.528. The van der Waals surface area contributed by atoms with E-state index in [-0.39, 0.29) is 18.1 Å². The van der Waals surface area contributed by atoms with Crippen molar-refractivity contribution >= 4 is 11.5 Å². The molecule has 0 saturated carbocycles. The number of nitrogen functional groups attached to an aromatic ring is 1. The zero-order chi connectivity index (χ0) is 13.3. The van der Waals surface area contributed by atoms with Crippen LogP contribution in [0.1, 0.15) is 17.2 Å². The van der Waals surface area contributed by atoms with Crippen LogP contribution in [-0.2, 0) is 6.54 Å². The van der Waals surface area contributed by atoms with Crippen molar-refractivity contribution in [1.29, 1.82) is 0 Å². The lowest BCUT2D eigenvalue weighted by atomic mass is 10.4. The Kier molecular flexibility index (Phi) is 2.92. The van der Waals surface area contributed by atoms with Gasteiger partial charge in [-0.15, -0.1) is 0 Å². The largest absolute Gasteiger partial charge is 0.378 e. The second kappa shape index (κ2) is 4.40. The third-order valence-electron chi connectivity index (χ3n) is 2.46. The molecule has 8 heteroatoms. The van der Waals surface area contributed by atoms with Crippen LogP contribution in [0.4, 0.5) is 11.5 Å². The molecule has 18 heavy (non-hydrogen) atoms. The van der Waals surface area contributed by atoms with E-state index < -0.39 is 4.92 Å². The highest BCUT2D eigenvalue weighted by Crippen LogP contribution is 2.25. The Balaban J connectivity index is 2.36. The number of nitro groups is 1. The van der Waals surface area contributed by atoms with Crippen molar-refractivity contribution in [2.45, 2.75) is 20.4 Å². The summed E-state index contributed by atoms with van der Waals surface area (Å²) in [5, 5.41) is 14.9. The molecule has 0 aliphatic heterocycles. The van der Waals surface area contributed by atoms with Gasteiger partial charge in [0.25, 0.3) is 0 Å². The van der Waals surface area contributed by atoms with Gasteiger partial charge in [0.05, 0.1) is 17.2 Å². The molecule has 2 aromatic rings. The van der Waals surface area contributed by atoms with Gasteiger partial charge in [0.1, 0.15) is 11.5 Å². The van der Waals surface area contributed by atoms with Gasteiger partial charge in [0.2, 0.25) is 5.82 Å². The summed E-state index contributed by atoms with van der Waals surface area (Å²) in [6, 6.07) is 1.72. The molecule has 0 spiro atoms. The fourth-order valence-electron chi connectivity index (χ4n) is 1.68. The summed E-state index contributed by atoms with van der Waals surface area (Å²) in [5.74, 6) is 0.665. The summed E-state index contributed by atoms with van der Waals surface area (Å²) in [5.41, 5.74) is 6.55. The lowest BCUT2D eigenvalue weighted by Gasteiger charge is -2.03. The van der Waals surface area contributed by atoms with Crippen LogP contribution < -0.4 is 5.73 Å². The third-order valence-corrected chi connectivity index (χ3v) is 2.46. The number of hydrogen-bond acceptors (Lipinski definition) is 6. The first-order valence-electron chi connectivity index (χ1n) is 5.25. The molecular formula is C10H12N6O2. The number of aryl methyl sites for hydroxylation is 2. The molecule has 94 valence electrons. The molecule has 2 heterocycles. The van der Waals surface area contributed by atoms with Crippen molar-refractivity contribution in [1.82, 2.24) is 19.7 Å². The van der Waals surface area contributed by atoms with E-state index >= 15 is 0 Å². The molecule has 2 aromatic heterocycles. The van der Waals surface area contributed by atoms with E-state index in [1.165, 1.54) is 4.68 Å². The summed E-state index contributed by atoms with van der Waals surface area (Å²) >= 11 is 0. The molecule has 0 unspecified atom stereocenters. The first-order valence-corrected chi connectivity index (χ1v) is 5.25. The van der Waals surface area contributed by atoms with Crippen molar-refractivity contribution in [3.05, 3.63) is 39.6 Å². The van der Waals surface area contributed by atoms with Gasteiger partial charge < -0.3 is 5.73 Å². The van der Waals surface area contributed by atoms with Crippen molar-refractivity contribution in [2.75, 3.05) is 5.73 Å². The minimum Gasteiger partial charge on any atom is -0.378 e. The van der Waals surface area contributed by atoms with Crippen LogP contribution in [0.5, 0.6) is 0 Å². The maximum atomic E-state index is 10.8. The van der Waals surface area contributed by atoms with Crippen LogP contribution in [-0.4, -0.2) is 24.7 Å². The summed E-state index contributed by atoms with van der Waals surface area (Å²) < 4.78 is 1.37. The fraction of sp³-hybridized carbons (Fsp3) is 0.300. The third kappa shape index (κ3) is 2.12. The van der Waals surface area contributed by atoms with Gasteiger partial charge >= 0.3 is 5.69 Å². The highest BCUT2D eigenvalue weighted by Gasteiger charge is 2.22. The van der Waals surface area contributed by atoms with Gasteiger partial charge in [-0.3, -0.25) is 10.1 Å². The molecule has 0 radical (unpaired) electrons. The van der Waals surface area contributed by atoms with Crippen LogP contribution >= 0.6 is 0 Å². The Morgan fingerprint density at radius 3 is 2.78 bits per heavy atom. The predicted octanol–water partition coefficient (Wildman–Crippen LogP) is 0.829. The first kappa shape index (κ1) is 12.0. The number of nitrogens with two attached hydrogens (primary N) is 1. The lowest BCUT2D eigenvalue weighted by Crippen LogP contribution is -2.08. The van der Waals surface area contributed by atoms with E-state index in [4.69, 9.17) is 5.73 Å². The molecule has 0 aliphatic rings. The van der Waals surface area contributed by atoms with Crippen molar-refractivity contribution in [3.8, 4) is 0 Å². The second-order valence-corrected chi connectivity index (χ2v) is 3.83. The molecule has 0 fully saturated rings. The number of hydrogen-bond donors (Lipinski definition) is 1. The molecule has 0 saturated heterocycles. The van der Waals surface area contributed by atoms with Crippen LogP contribution in [0.15, 0.2) is 12.3 Å². The zero-order valence-corrected chi connectivity index (χ0v) is 9.99. The van der Waals surface area contributed by atoms with E-state index in [0.29, 0.717) is 17.2 Å². The maximum absolute atomic E-state index is 10.8. The summed E-state index contributed by atoms with van der Waals surface area (Å²) in [6.45, 7) is 3.60. The molecule has 0 amide bonds. The molecule has 2 rings (SSSR count). The minimum absolute atomic E-state index is 0.0359. The quantitative estimate of drug-likeness (QED) is 0.635. The summed E-state index contributed by atoms with van der Waals surface area (Å²) in [7, 11) is 0. The summed E-state index contributed by atoms with van der Waals surface area (Å²) in [4.78, 5) is 18.5. The Hall–Kier alpha value is -2.51. The number of aromatic nitrogens is 4. The molecule has 0 atom stereocenters. The number of anilines is 1. The number of nitrogens with zero attached hydrogens (tertiary/aromatic N) is 5. The van der Waals surface area contributed by atoms with Crippen molar-refractivity contribution in [2.24, 2.45) is 0 Å². The Labute approximate surface area is 103 Å². The topological polar surface area (TPSA) is 113 Å². The Morgan fingerprint density at radius 2 is 2.22 bits per heavy atom. The van der Waals surface area contributed by atoms with Crippen molar-refractivity contribution in [3.63, 3.8) is 0 Å². The first-order chi connectivity index (χ1) is 8.49. The van der Waals surface area contributed by atoms with Gasteiger partial charge in [-0.25, -0.2) is 14.6 Å². The van der Waals surface area contributed by atoms with Crippen LogP contribution in [0.25, 0.3) is 0 Å². The number of rotatable bonds is 3. The van der Waals surface area contributed by atoms with E-state index in [1.54, 1.807) is 26.1 Å². The fourth-order valence-corrected chi connectivity index (χ4v) is 1.68. The molecule has 0 aromatic carbocycles.